The van der Waals surface area contributed by atoms with Crippen molar-refractivity contribution in [2.75, 3.05) is 0 Å². The van der Waals surface area contributed by atoms with Crippen LogP contribution in [0.1, 0.15) is 48.0 Å². The molecule has 0 aliphatic heterocycles. The molecule has 1 aliphatic carbocycles. The summed E-state index contributed by atoms with van der Waals surface area (Å²) in [5.41, 5.74) is 4.42. The van der Waals surface area contributed by atoms with Crippen molar-refractivity contribution < 1.29 is 4.79 Å². The minimum absolute atomic E-state index is 0.139. The number of rotatable bonds is 5. The Kier molecular flexibility index (Phi) is 4.92. The summed E-state index contributed by atoms with van der Waals surface area (Å²) in [6.45, 7) is 3.69. The van der Waals surface area contributed by atoms with Crippen LogP contribution in [0.5, 0.6) is 0 Å². The van der Waals surface area contributed by atoms with Gasteiger partial charge in [-0.25, -0.2) is 10.4 Å². The van der Waals surface area contributed by atoms with Crippen molar-refractivity contribution in [3.63, 3.8) is 0 Å². The molecule has 8 heteroatoms. The number of hydrazone groups is 1. The van der Waals surface area contributed by atoms with E-state index in [1.807, 2.05) is 24.4 Å². The third kappa shape index (κ3) is 3.23. The number of nitrogens with zero attached hydrogens (tertiary/aromatic N) is 3. The van der Waals surface area contributed by atoms with E-state index in [0.29, 0.717) is 11.8 Å². The van der Waals surface area contributed by atoms with Crippen LogP contribution < -0.4 is 11.0 Å². The molecule has 0 saturated carbocycles. The molecular weight excluding hydrogens is 380 g/mol. The number of nitrogens with one attached hydrogen (secondary N) is 1. The molecule has 0 spiro atoms. The van der Waals surface area contributed by atoms with E-state index in [1.54, 1.807) is 29.6 Å². The lowest BCUT2D eigenvalue weighted by Gasteiger charge is -2.13. The van der Waals surface area contributed by atoms with Crippen molar-refractivity contribution in [1.29, 1.82) is 0 Å². The Balaban J connectivity index is 1.61. The number of amides is 1. The van der Waals surface area contributed by atoms with Crippen molar-refractivity contribution in [3.05, 3.63) is 49.5 Å². The summed E-state index contributed by atoms with van der Waals surface area (Å²) in [6.07, 6.45) is 5.21. The Morgan fingerprint density at radius 1 is 1.44 bits per heavy atom. The summed E-state index contributed by atoms with van der Waals surface area (Å²) in [5, 5.41) is 6.93. The van der Waals surface area contributed by atoms with Gasteiger partial charge in [0, 0.05) is 4.88 Å². The van der Waals surface area contributed by atoms with Gasteiger partial charge in [0.2, 0.25) is 0 Å². The summed E-state index contributed by atoms with van der Waals surface area (Å²) >= 11 is 3.18. The zero-order valence-electron chi connectivity index (χ0n) is 15.2. The van der Waals surface area contributed by atoms with E-state index in [9.17, 15) is 9.59 Å². The van der Waals surface area contributed by atoms with E-state index in [4.69, 9.17) is 0 Å². The zero-order valence-corrected chi connectivity index (χ0v) is 16.8. The Bertz CT molecular complexity index is 1080. The lowest BCUT2D eigenvalue weighted by atomic mass is 10.2. The normalized spacial score (nSPS) is 15.1. The van der Waals surface area contributed by atoms with Gasteiger partial charge in [-0.1, -0.05) is 13.0 Å². The molecule has 140 valence electrons. The molecule has 3 heterocycles. The Morgan fingerprint density at radius 3 is 3.04 bits per heavy atom. The number of aromatic nitrogens is 2. The van der Waals surface area contributed by atoms with Gasteiger partial charge in [-0.2, -0.15) is 5.10 Å². The fourth-order valence-corrected chi connectivity index (χ4v) is 5.37. The molecule has 3 aromatic rings. The van der Waals surface area contributed by atoms with Gasteiger partial charge in [0.25, 0.3) is 11.5 Å². The number of hydrogen-bond donors (Lipinski definition) is 1. The number of thiophene rings is 2. The first-order valence-corrected chi connectivity index (χ1v) is 10.7. The Morgan fingerprint density at radius 2 is 2.30 bits per heavy atom. The fraction of sp³-hybridized carbons (Fsp3) is 0.368. The molecule has 27 heavy (non-hydrogen) atoms. The number of hydrogen-bond acceptors (Lipinski definition) is 6. The quantitative estimate of drug-likeness (QED) is 0.526. The van der Waals surface area contributed by atoms with E-state index < -0.39 is 6.04 Å². The molecule has 0 bridgehead atoms. The monoisotopic (exact) mass is 400 g/mol. The van der Waals surface area contributed by atoms with Gasteiger partial charge in [-0.3, -0.25) is 14.2 Å². The van der Waals surface area contributed by atoms with Crippen LogP contribution in [0.25, 0.3) is 10.2 Å². The first-order valence-electron chi connectivity index (χ1n) is 9.01. The van der Waals surface area contributed by atoms with Crippen LogP contribution in [0.4, 0.5) is 0 Å². The second kappa shape index (κ2) is 7.36. The second-order valence-corrected chi connectivity index (χ2v) is 8.57. The predicted octanol–water partition coefficient (Wildman–Crippen LogP) is 3.50. The molecule has 1 amide bonds. The molecule has 1 aliphatic rings. The molecule has 6 nitrogen and oxygen atoms in total. The van der Waals surface area contributed by atoms with Crippen LogP contribution in [0.2, 0.25) is 0 Å². The van der Waals surface area contributed by atoms with E-state index >= 15 is 0 Å². The first-order chi connectivity index (χ1) is 13.1. The molecular formula is C19H20N4O2S2. The van der Waals surface area contributed by atoms with E-state index in [1.165, 1.54) is 15.8 Å². The molecule has 0 aromatic carbocycles. The van der Waals surface area contributed by atoms with Gasteiger partial charge in [0.15, 0.2) is 0 Å². The van der Waals surface area contributed by atoms with Crippen LogP contribution in [0.3, 0.4) is 0 Å². The van der Waals surface area contributed by atoms with Gasteiger partial charge in [-0.05, 0) is 49.6 Å². The topological polar surface area (TPSA) is 76.3 Å². The van der Waals surface area contributed by atoms with Crippen LogP contribution in [-0.2, 0) is 17.6 Å². The van der Waals surface area contributed by atoms with E-state index in [-0.39, 0.29) is 11.5 Å². The molecule has 0 fully saturated rings. The third-order valence-corrected chi connectivity index (χ3v) is 7.01. The maximum absolute atomic E-state index is 13.0. The highest BCUT2D eigenvalue weighted by Crippen LogP contribution is 2.34. The lowest BCUT2D eigenvalue weighted by Crippen LogP contribution is -2.34. The highest BCUT2D eigenvalue weighted by atomic mass is 32.1. The fourth-order valence-electron chi connectivity index (χ4n) is 3.37. The third-order valence-electron chi connectivity index (χ3n) is 4.89. The van der Waals surface area contributed by atoms with Gasteiger partial charge in [0.05, 0.1) is 22.3 Å². The minimum Gasteiger partial charge on any atom is -0.286 e. The van der Waals surface area contributed by atoms with Crippen LogP contribution in [0, 0.1) is 0 Å². The number of aryl methyl sites for hydroxylation is 2. The highest BCUT2D eigenvalue weighted by molar-refractivity contribution is 7.18. The summed E-state index contributed by atoms with van der Waals surface area (Å²) in [7, 11) is 0. The van der Waals surface area contributed by atoms with Gasteiger partial charge in [-0.15, -0.1) is 22.7 Å². The standard InChI is InChI=1S/C19H20N4O2S2/c1-3-13(15-8-5-9-26-15)21-22-17(24)11(2)23-10-20-18-16(19(23)25)12-6-4-7-14(12)27-18/h5,8-11H,3-4,6-7H2,1-2H3,(H,22,24). The molecule has 1 unspecified atom stereocenters. The van der Waals surface area contributed by atoms with Gasteiger partial charge in [0.1, 0.15) is 10.9 Å². The van der Waals surface area contributed by atoms with E-state index in [2.05, 4.69) is 15.5 Å². The molecule has 0 radical (unpaired) electrons. The summed E-state index contributed by atoms with van der Waals surface area (Å²) in [5.74, 6) is -0.326. The highest BCUT2D eigenvalue weighted by Gasteiger charge is 2.24. The number of carbonyl (C=O) groups excluding carboxylic acids is 1. The van der Waals surface area contributed by atoms with Crippen molar-refractivity contribution in [2.24, 2.45) is 5.10 Å². The summed E-state index contributed by atoms with van der Waals surface area (Å²) in [4.78, 5) is 33.1. The minimum atomic E-state index is -0.684. The second-order valence-electron chi connectivity index (χ2n) is 6.54. The molecule has 3 aromatic heterocycles. The van der Waals surface area contributed by atoms with Gasteiger partial charge >= 0.3 is 0 Å². The Hall–Kier alpha value is -2.32. The number of carbonyl (C=O) groups is 1. The smallest absolute Gasteiger partial charge is 0.263 e. The maximum Gasteiger partial charge on any atom is 0.263 e. The van der Waals surface area contributed by atoms with Crippen LogP contribution >= 0.6 is 22.7 Å². The lowest BCUT2D eigenvalue weighted by molar-refractivity contribution is -0.123. The molecule has 0 saturated heterocycles. The zero-order chi connectivity index (χ0) is 19.0. The first kappa shape index (κ1) is 18.1. The average molecular weight is 401 g/mol. The van der Waals surface area contributed by atoms with Crippen LogP contribution in [-0.4, -0.2) is 21.2 Å². The van der Waals surface area contributed by atoms with Crippen molar-refractivity contribution in [2.45, 2.75) is 45.6 Å². The molecule has 1 atom stereocenters. The SMILES string of the molecule is CCC(=NNC(=O)C(C)n1cnc2sc3c(c2c1=O)CCC3)c1cccs1. The number of fused-ring (bicyclic) bond motifs is 3. The predicted molar refractivity (Wildman–Crippen MR) is 110 cm³/mol. The van der Waals surface area contributed by atoms with Crippen molar-refractivity contribution in [1.82, 2.24) is 15.0 Å². The average Bonchev–Trinajstić information content (AvgIpc) is 3.39. The molecule has 1 N–H and O–H groups in total. The Labute approximate surface area is 164 Å². The summed E-state index contributed by atoms with van der Waals surface area (Å²) < 4.78 is 1.41. The molecule has 4 rings (SSSR count). The summed E-state index contributed by atoms with van der Waals surface area (Å²) in [6, 6.07) is 3.24. The van der Waals surface area contributed by atoms with E-state index in [0.717, 1.165) is 40.2 Å². The van der Waals surface area contributed by atoms with Crippen LogP contribution in [0.15, 0.2) is 33.7 Å². The van der Waals surface area contributed by atoms with Crippen molar-refractivity contribution >= 4 is 44.5 Å². The maximum atomic E-state index is 13.0. The largest absolute Gasteiger partial charge is 0.286 e. The van der Waals surface area contributed by atoms with Gasteiger partial charge < -0.3 is 0 Å². The van der Waals surface area contributed by atoms with Crippen molar-refractivity contribution in [3.8, 4) is 0 Å².